The number of nitrogens with two attached hydrogens (primary N) is 1. The zero-order chi connectivity index (χ0) is 25.3. The number of aromatic nitrogens is 1. The summed E-state index contributed by atoms with van der Waals surface area (Å²) >= 11 is 0.963. The Morgan fingerprint density at radius 1 is 1.06 bits per heavy atom. The molecular formula is C25H24F4N4OS. The van der Waals surface area contributed by atoms with Crippen LogP contribution in [-0.4, -0.2) is 37.4 Å². The summed E-state index contributed by atoms with van der Waals surface area (Å²) in [5.74, 6) is -2.56. The topological polar surface area (TPSA) is 62.5 Å². The first-order chi connectivity index (χ1) is 16.7. The third-order valence-electron chi connectivity index (χ3n) is 6.33. The molecule has 2 aliphatic rings. The van der Waals surface area contributed by atoms with Crippen LogP contribution in [0.3, 0.4) is 0 Å². The fourth-order valence-corrected chi connectivity index (χ4v) is 4.60. The Morgan fingerprint density at radius 3 is 2.34 bits per heavy atom. The Labute approximate surface area is 205 Å². The summed E-state index contributed by atoms with van der Waals surface area (Å²) in [5.41, 5.74) is 2.13. The van der Waals surface area contributed by atoms with Crippen molar-refractivity contribution in [2.24, 2.45) is 11.1 Å². The van der Waals surface area contributed by atoms with Gasteiger partial charge in [-0.3, -0.25) is 10.1 Å². The van der Waals surface area contributed by atoms with Gasteiger partial charge in [0.25, 0.3) is 0 Å². The molecule has 5 rings (SSSR count). The number of carbonyl (C=O) groups excluding carboxylic acids is 1. The van der Waals surface area contributed by atoms with Crippen LogP contribution < -0.4 is 14.9 Å². The predicted octanol–water partition coefficient (Wildman–Crippen LogP) is 4.97. The van der Waals surface area contributed by atoms with Gasteiger partial charge in [0, 0.05) is 55.7 Å². The minimum absolute atomic E-state index is 0.0382. The summed E-state index contributed by atoms with van der Waals surface area (Å²) < 4.78 is 55.3. The van der Waals surface area contributed by atoms with E-state index < -0.39 is 17.5 Å². The molecule has 184 valence electrons. The summed E-state index contributed by atoms with van der Waals surface area (Å²) in [6.07, 6.45) is 4.17. The van der Waals surface area contributed by atoms with E-state index >= 15 is 0 Å². The second-order valence-corrected chi connectivity index (χ2v) is 9.31. The van der Waals surface area contributed by atoms with Crippen LogP contribution in [0.15, 0.2) is 47.6 Å². The van der Waals surface area contributed by atoms with Crippen molar-refractivity contribution < 1.29 is 22.4 Å². The van der Waals surface area contributed by atoms with E-state index in [-0.39, 0.29) is 41.6 Å². The third-order valence-corrected chi connectivity index (χ3v) is 6.90. The smallest absolute Gasteiger partial charge is 0.150 e. The molecule has 5 nitrogen and oxygen atoms in total. The Hall–Kier alpha value is -3.11. The zero-order valence-electron chi connectivity index (χ0n) is 19.1. The van der Waals surface area contributed by atoms with E-state index in [2.05, 4.69) is 16.8 Å². The SMILES string of the molecule is CC1Cc2cc(F)c(SN)cc2N1C.O=CC1CN(c2c(F)cc(-c3cnccc3F)cc2F)C1. The molecule has 0 saturated carbocycles. The van der Waals surface area contributed by atoms with Gasteiger partial charge in [-0.15, -0.1) is 0 Å². The van der Waals surface area contributed by atoms with Gasteiger partial charge in [-0.25, -0.2) is 17.6 Å². The Balaban J connectivity index is 0.000000179. The maximum Gasteiger partial charge on any atom is 0.150 e. The first-order valence-electron chi connectivity index (χ1n) is 10.9. The van der Waals surface area contributed by atoms with Crippen LogP contribution >= 0.6 is 11.9 Å². The number of aldehydes is 1. The average molecular weight is 505 g/mol. The molecule has 0 aliphatic carbocycles. The van der Waals surface area contributed by atoms with Gasteiger partial charge in [-0.1, -0.05) is 0 Å². The number of hydrogen-bond acceptors (Lipinski definition) is 6. The highest BCUT2D eigenvalue weighted by Gasteiger charge is 2.31. The number of benzene rings is 2. The van der Waals surface area contributed by atoms with E-state index in [4.69, 9.17) is 5.14 Å². The summed E-state index contributed by atoms with van der Waals surface area (Å²) in [5, 5.41) is 5.38. The molecule has 35 heavy (non-hydrogen) atoms. The monoisotopic (exact) mass is 504 g/mol. The van der Waals surface area contributed by atoms with E-state index in [1.54, 1.807) is 6.07 Å². The van der Waals surface area contributed by atoms with Crippen molar-refractivity contribution in [2.45, 2.75) is 24.3 Å². The van der Waals surface area contributed by atoms with Crippen LogP contribution in [-0.2, 0) is 11.2 Å². The number of halogens is 4. The molecule has 3 heterocycles. The fourth-order valence-electron chi connectivity index (χ4n) is 4.25. The lowest BCUT2D eigenvalue weighted by Crippen LogP contribution is -2.48. The van der Waals surface area contributed by atoms with Crippen LogP contribution in [0, 0.1) is 29.2 Å². The second-order valence-electron chi connectivity index (χ2n) is 8.64. The van der Waals surface area contributed by atoms with Gasteiger partial charge in [-0.05, 0) is 66.8 Å². The van der Waals surface area contributed by atoms with Crippen LogP contribution in [0.4, 0.5) is 28.9 Å². The van der Waals surface area contributed by atoms with E-state index in [1.165, 1.54) is 17.3 Å². The van der Waals surface area contributed by atoms with E-state index in [9.17, 15) is 22.4 Å². The van der Waals surface area contributed by atoms with Crippen molar-refractivity contribution >= 4 is 29.6 Å². The van der Waals surface area contributed by atoms with Crippen molar-refractivity contribution in [2.75, 3.05) is 29.9 Å². The minimum Gasteiger partial charge on any atom is -0.371 e. The quantitative estimate of drug-likeness (QED) is 0.308. The summed E-state index contributed by atoms with van der Waals surface area (Å²) in [6, 6.07) is 7.16. The highest BCUT2D eigenvalue weighted by Crippen LogP contribution is 2.35. The number of rotatable bonds is 4. The largest absolute Gasteiger partial charge is 0.371 e. The molecule has 0 radical (unpaired) electrons. The minimum atomic E-state index is -0.780. The molecular weight excluding hydrogens is 480 g/mol. The number of hydrogen-bond donors (Lipinski definition) is 1. The van der Waals surface area contributed by atoms with Crippen molar-refractivity contribution in [3.05, 3.63) is 71.6 Å². The van der Waals surface area contributed by atoms with Crippen LogP contribution in [0.25, 0.3) is 11.1 Å². The lowest BCUT2D eigenvalue weighted by molar-refractivity contribution is -0.111. The Bertz CT molecular complexity index is 1230. The molecule has 1 unspecified atom stereocenters. The van der Waals surface area contributed by atoms with Crippen molar-refractivity contribution in [3.8, 4) is 11.1 Å². The van der Waals surface area contributed by atoms with Crippen molar-refractivity contribution in [1.82, 2.24) is 4.98 Å². The molecule has 1 saturated heterocycles. The van der Waals surface area contributed by atoms with Crippen molar-refractivity contribution in [1.29, 1.82) is 0 Å². The number of fused-ring (bicyclic) bond motifs is 1. The standard InChI is InChI=1S/C15H11F3N2O.C10H13FN2S/c16-12-1-2-19-5-11(12)10-3-13(17)15(14(18)4-10)20-6-9(7-20)8-21;1-6-3-7-4-8(11)10(14-12)5-9(7)13(6)2/h1-5,8-9H,6-7H2;4-6H,3,12H2,1-2H3. The molecule has 2 aromatic carbocycles. The third kappa shape index (κ3) is 4.99. The summed E-state index contributed by atoms with van der Waals surface area (Å²) in [4.78, 5) is 18.4. The molecule has 1 aromatic heterocycles. The van der Waals surface area contributed by atoms with Crippen molar-refractivity contribution in [3.63, 3.8) is 0 Å². The number of pyridine rings is 1. The van der Waals surface area contributed by atoms with Gasteiger partial charge in [0.15, 0.2) is 0 Å². The summed E-state index contributed by atoms with van der Waals surface area (Å²) in [7, 11) is 2.03. The van der Waals surface area contributed by atoms with Gasteiger partial charge in [0.05, 0.1) is 4.90 Å². The van der Waals surface area contributed by atoms with Gasteiger partial charge in [-0.2, -0.15) is 0 Å². The Morgan fingerprint density at radius 2 is 1.74 bits per heavy atom. The lowest BCUT2D eigenvalue weighted by Gasteiger charge is -2.38. The normalized spacial score (nSPS) is 16.9. The second kappa shape index (κ2) is 10.2. The molecule has 1 atom stereocenters. The van der Waals surface area contributed by atoms with Gasteiger partial charge in [0.2, 0.25) is 0 Å². The molecule has 2 aliphatic heterocycles. The highest BCUT2D eigenvalue weighted by atomic mass is 32.2. The molecule has 0 bridgehead atoms. The molecule has 2 N–H and O–H groups in total. The van der Waals surface area contributed by atoms with Gasteiger partial charge in [0.1, 0.15) is 35.2 Å². The zero-order valence-corrected chi connectivity index (χ0v) is 20.0. The average Bonchev–Trinajstić information content (AvgIpc) is 3.07. The molecule has 0 spiro atoms. The number of carbonyl (C=O) groups is 1. The van der Waals surface area contributed by atoms with E-state index in [1.807, 2.05) is 13.1 Å². The van der Waals surface area contributed by atoms with Gasteiger partial charge < -0.3 is 14.6 Å². The van der Waals surface area contributed by atoms with Crippen LogP contribution in [0.5, 0.6) is 0 Å². The fraction of sp³-hybridized carbons (Fsp3) is 0.280. The molecule has 1 fully saturated rings. The first kappa shape index (κ1) is 25.0. The van der Waals surface area contributed by atoms with Crippen LogP contribution in [0.2, 0.25) is 0 Å². The molecule has 3 aromatic rings. The van der Waals surface area contributed by atoms with E-state index in [0.717, 1.165) is 54.1 Å². The maximum absolute atomic E-state index is 14.1. The number of likely N-dealkylation sites (N-methyl/N-ethyl adjacent to an activating group) is 1. The molecule has 10 heteroatoms. The lowest BCUT2D eigenvalue weighted by atomic mass is 9.99. The summed E-state index contributed by atoms with van der Waals surface area (Å²) in [6.45, 7) is 2.71. The Kier molecular flexibility index (Phi) is 7.32. The van der Waals surface area contributed by atoms with Crippen LogP contribution in [0.1, 0.15) is 12.5 Å². The first-order valence-corrected chi connectivity index (χ1v) is 11.8. The number of anilines is 2. The highest BCUT2D eigenvalue weighted by molar-refractivity contribution is 7.97. The van der Waals surface area contributed by atoms with Gasteiger partial charge >= 0.3 is 0 Å². The van der Waals surface area contributed by atoms with E-state index in [0.29, 0.717) is 10.9 Å². The number of nitrogens with zero attached hydrogens (tertiary/aromatic N) is 3. The maximum atomic E-state index is 14.1. The molecule has 0 amide bonds. The predicted molar refractivity (Wildman–Crippen MR) is 129 cm³/mol.